The van der Waals surface area contributed by atoms with E-state index in [-0.39, 0.29) is 16.3 Å². The van der Waals surface area contributed by atoms with Crippen LogP contribution in [-0.2, 0) is 7.05 Å². The van der Waals surface area contributed by atoms with Crippen molar-refractivity contribution in [1.29, 1.82) is 0 Å². The van der Waals surface area contributed by atoms with Gasteiger partial charge < -0.3 is 14.6 Å². The molecule has 28 heavy (non-hydrogen) atoms. The van der Waals surface area contributed by atoms with Crippen LogP contribution < -0.4 is 15.6 Å². The molecule has 0 saturated carbocycles. The highest BCUT2D eigenvalue weighted by Crippen LogP contribution is 2.37. The lowest BCUT2D eigenvalue weighted by molar-refractivity contribution is 0.632. The van der Waals surface area contributed by atoms with Crippen LogP contribution in [0.1, 0.15) is 25.8 Å². The van der Waals surface area contributed by atoms with E-state index in [1.807, 2.05) is 0 Å². The zero-order chi connectivity index (χ0) is 20.4. The molecule has 148 valence electrons. The fourth-order valence-electron chi connectivity index (χ4n) is 2.72. The molecule has 0 spiro atoms. The summed E-state index contributed by atoms with van der Waals surface area (Å²) in [6, 6.07) is 6.49. The second kappa shape index (κ2) is 8.41. The van der Waals surface area contributed by atoms with Crippen LogP contribution in [0.2, 0.25) is 5.02 Å². The highest BCUT2D eigenvalue weighted by atomic mass is 35.5. The first-order chi connectivity index (χ1) is 13.3. The number of benzene rings is 2. The smallest absolute Gasteiger partial charge is 0.261 e. The molecule has 2 aromatic carbocycles. The summed E-state index contributed by atoms with van der Waals surface area (Å²) in [6.45, 7) is 6.00. The molecule has 1 unspecified atom stereocenters. The molecule has 0 bridgehead atoms. The summed E-state index contributed by atoms with van der Waals surface area (Å²) < 4.78 is 19.1. The number of nitrogens with one attached hydrogen (secondary N) is 2. The first-order valence-corrected chi connectivity index (χ1v) is 10.2. The Bertz CT molecular complexity index is 1090. The summed E-state index contributed by atoms with van der Waals surface area (Å²) >= 11 is 8.00. The van der Waals surface area contributed by atoms with Crippen molar-refractivity contribution in [2.24, 2.45) is 7.05 Å². The van der Waals surface area contributed by atoms with Gasteiger partial charge in [0.1, 0.15) is 5.82 Å². The Morgan fingerprint density at radius 3 is 2.71 bits per heavy atom. The second-order valence-electron chi connectivity index (χ2n) is 6.64. The lowest BCUT2D eigenvalue weighted by atomic mass is 10.1. The molecule has 1 aromatic heterocycles. The van der Waals surface area contributed by atoms with E-state index in [1.165, 1.54) is 28.9 Å². The van der Waals surface area contributed by atoms with Crippen LogP contribution in [0.5, 0.6) is 0 Å². The Labute approximate surface area is 172 Å². The largest absolute Gasteiger partial charge is 0.352 e. The predicted octanol–water partition coefficient (Wildman–Crippen LogP) is 5.64. The van der Waals surface area contributed by atoms with Gasteiger partial charge in [-0.25, -0.2) is 9.37 Å². The molecule has 2 N–H and O–H groups in total. The Balaban J connectivity index is 2.01. The number of rotatable bonds is 6. The molecule has 1 heterocycles. The molecule has 1 atom stereocenters. The van der Waals surface area contributed by atoms with E-state index in [4.69, 9.17) is 11.6 Å². The standard InChI is InChI=1S/C20H22ClFN4OS/c1-5-11(2)28-25-16-7-6-13(22)19(18(16)21)24-14-8-9-15-17(12(14)3)20(27)26(4)10-23-15/h6-11,24-25H,5H2,1-4H3. The maximum Gasteiger partial charge on any atom is 0.261 e. The minimum atomic E-state index is -0.470. The highest BCUT2D eigenvalue weighted by molar-refractivity contribution is 8.01. The second-order valence-corrected chi connectivity index (χ2v) is 8.26. The topological polar surface area (TPSA) is 59.0 Å². The number of anilines is 3. The Kier molecular flexibility index (Phi) is 6.15. The van der Waals surface area contributed by atoms with Crippen LogP contribution in [-0.4, -0.2) is 14.8 Å². The number of hydrogen-bond donors (Lipinski definition) is 2. The molecule has 3 rings (SSSR count). The van der Waals surface area contributed by atoms with Crippen molar-refractivity contribution in [3.05, 3.63) is 57.3 Å². The van der Waals surface area contributed by atoms with E-state index in [2.05, 4.69) is 28.9 Å². The molecule has 0 saturated heterocycles. The van der Waals surface area contributed by atoms with Crippen LogP contribution in [0.3, 0.4) is 0 Å². The summed E-state index contributed by atoms with van der Waals surface area (Å²) in [4.78, 5) is 16.8. The Morgan fingerprint density at radius 2 is 2.00 bits per heavy atom. The van der Waals surface area contributed by atoms with Crippen LogP contribution in [0.15, 0.2) is 35.4 Å². The van der Waals surface area contributed by atoms with Crippen LogP contribution in [0.4, 0.5) is 21.5 Å². The van der Waals surface area contributed by atoms with Gasteiger partial charge in [0.2, 0.25) is 0 Å². The average Bonchev–Trinajstić information content (AvgIpc) is 2.68. The molecule has 0 aliphatic heterocycles. The first kappa shape index (κ1) is 20.5. The number of halogens is 2. The van der Waals surface area contributed by atoms with Crippen molar-refractivity contribution >= 4 is 51.5 Å². The molecular formula is C20H22ClFN4OS. The van der Waals surface area contributed by atoms with Crippen molar-refractivity contribution in [3.8, 4) is 0 Å². The third kappa shape index (κ3) is 3.95. The normalized spacial score (nSPS) is 12.2. The molecule has 8 heteroatoms. The van der Waals surface area contributed by atoms with E-state index >= 15 is 0 Å². The van der Waals surface area contributed by atoms with Crippen molar-refractivity contribution in [2.75, 3.05) is 10.0 Å². The van der Waals surface area contributed by atoms with Gasteiger partial charge in [0, 0.05) is 18.0 Å². The number of hydrogen-bond acceptors (Lipinski definition) is 5. The SMILES string of the molecule is CCC(C)SNc1ccc(F)c(Nc2ccc3ncn(C)c(=O)c3c2C)c1Cl. The minimum Gasteiger partial charge on any atom is -0.352 e. The lowest BCUT2D eigenvalue weighted by Crippen LogP contribution is -2.18. The van der Waals surface area contributed by atoms with Gasteiger partial charge in [-0.15, -0.1) is 0 Å². The fourth-order valence-corrected chi connectivity index (χ4v) is 3.68. The maximum absolute atomic E-state index is 14.5. The quantitative estimate of drug-likeness (QED) is 0.505. The van der Waals surface area contributed by atoms with Crippen molar-refractivity contribution in [1.82, 2.24) is 9.55 Å². The van der Waals surface area contributed by atoms with E-state index in [0.29, 0.717) is 33.1 Å². The third-order valence-corrected chi connectivity index (χ3v) is 6.11. The minimum absolute atomic E-state index is 0.155. The molecule has 0 amide bonds. The number of aryl methyl sites for hydroxylation is 2. The van der Waals surface area contributed by atoms with Gasteiger partial charge in [0.15, 0.2) is 0 Å². The van der Waals surface area contributed by atoms with Crippen LogP contribution >= 0.6 is 23.5 Å². The number of aromatic nitrogens is 2. The van der Waals surface area contributed by atoms with E-state index in [1.54, 1.807) is 32.2 Å². The summed E-state index contributed by atoms with van der Waals surface area (Å²) in [5.74, 6) is -0.470. The average molecular weight is 421 g/mol. The van der Waals surface area contributed by atoms with Gasteiger partial charge in [-0.2, -0.15) is 0 Å². The molecule has 3 aromatic rings. The summed E-state index contributed by atoms with van der Waals surface area (Å²) in [7, 11) is 1.65. The van der Waals surface area contributed by atoms with Gasteiger partial charge in [-0.3, -0.25) is 4.79 Å². The molecule has 0 aliphatic rings. The summed E-state index contributed by atoms with van der Waals surface area (Å²) in [5, 5.41) is 4.20. The zero-order valence-corrected chi connectivity index (χ0v) is 17.7. The van der Waals surface area contributed by atoms with Gasteiger partial charge in [-0.05, 0) is 55.1 Å². The van der Waals surface area contributed by atoms with Crippen LogP contribution in [0.25, 0.3) is 10.9 Å². The molecular weight excluding hydrogens is 399 g/mol. The fraction of sp³-hybridized carbons (Fsp3) is 0.300. The highest BCUT2D eigenvalue weighted by Gasteiger charge is 2.16. The zero-order valence-electron chi connectivity index (χ0n) is 16.1. The summed E-state index contributed by atoms with van der Waals surface area (Å²) in [6.07, 6.45) is 2.48. The number of fused-ring (bicyclic) bond motifs is 1. The van der Waals surface area contributed by atoms with E-state index in [9.17, 15) is 9.18 Å². The molecule has 0 fully saturated rings. The number of nitrogens with zero attached hydrogens (tertiary/aromatic N) is 2. The first-order valence-electron chi connectivity index (χ1n) is 8.95. The van der Waals surface area contributed by atoms with Gasteiger partial charge in [0.25, 0.3) is 5.56 Å². The van der Waals surface area contributed by atoms with E-state index < -0.39 is 5.82 Å². The van der Waals surface area contributed by atoms with Gasteiger partial charge >= 0.3 is 0 Å². The Morgan fingerprint density at radius 1 is 1.29 bits per heavy atom. The van der Waals surface area contributed by atoms with Crippen molar-refractivity contribution in [3.63, 3.8) is 0 Å². The maximum atomic E-state index is 14.5. The summed E-state index contributed by atoms with van der Waals surface area (Å²) in [5.41, 5.74) is 2.53. The Hall–Kier alpha value is -2.25. The molecule has 5 nitrogen and oxygen atoms in total. The van der Waals surface area contributed by atoms with Crippen molar-refractivity contribution < 1.29 is 4.39 Å². The lowest BCUT2D eigenvalue weighted by Gasteiger charge is -2.17. The van der Waals surface area contributed by atoms with Gasteiger partial charge in [-0.1, -0.05) is 25.4 Å². The predicted molar refractivity (Wildman–Crippen MR) is 117 cm³/mol. The molecule has 0 radical (unpaired) electrons. The molecule has 0 aliphatic carbocycles. The monoisotopic (exact) mass is 420 g/mol. The van der Waals surface area contributed by atoms with E-state index in [0.717, 1.165) is 6.42 Å². The van der Waals surface area contributed by atoms with Crippen molar-refractivity contribution in [2.45, 2.75) is 32.4 Å². The van der Waals surface area contributed by atoms with Gasteiger partial charge in [0.05, 0.1) is 33.6 Å². The third-order valence-electron chi connectivity index (χ3n) is 4.64. The van der Waals surface area contributed by atoms with Crippen LogP contribution in [0, 0.1) is 12.7 Å².